The van der Waals surface area contributed by atoms with Gasteiger partial charge in [-0.05, 0) is 6.42 Å². The number of hydrogen-bond donors (Lipinski definition) is 1. The summed E-state index contributed by atoms with van der Waals surface area (Å²) in [7, 11) is 0. The molecule has 1 N–H and O–H groups in total. The summed E-state index contributed by atoms with van der Waals surface area (Å²) in [4.78, 5) is 7.57. The van der Waals surface area contributed by atoms with Crippen LogP contribution in [0.5, 0.6) is 0 Å². The van der Waals surface area contributed by atoms with Gasteiger partial charge in [0.15, 0.2) is 0 Å². The summed E-state index contributed by atoms with van der Waals surface area (Å²) in [6.45, 7) is 1.91. The molecular weight excluding hydrogens is 128 g/mol. The molecule has 0 aliphatic rings. The van der Waals surface area contributed by atoms with Gasteiger partial charge in [-0.15, -0.1) is 0 Å². The molecule has 1 unspecified atom stereocenters. The van der Waals surface area contributed by atoms with E-state index in [-0.39, 0.29) is 0 Å². The Morgan fingerprint density at radius 3 is 2.60 bits per heavy atom. The van der Waals surface area contributed by atoms with Crippen molar-refractivity contribution < 1.29 is 5.11 Å². The fraction of sp³-hybridized carbons (Fsp3) is 0.429. The molecule has 3 heteroatoms. The highest BCUT2D eigenvalue weighted by atomic mass is 16.3. The molecule has 0 aliphatic carbocycles. The molecule has 0 aromatic carbocycles. The van der Waals surface area contributed by atoms with Crippen LogP contribution in [0.25, 0.3) is 0 Å². The average Bonchev–Trinajstić information content (AvgIpc) is 2.05. The third-order valence-electron chi connectivity index (χ3n) is 1.35. The fourth-order valence-corrected chi connectivity index (χ4v) is 0.718. The van der Waals surface area contributed by atoms with Gasteiger partial charge in [0.2, 0.25) is 0 Å². The highest BCUT2D eigenvalue weighted by Crippen LogP contribution is 2.11. The monoisotopic (exact) mass is 138 g/mol. The van der Waals surface area contributed by atoms with Gasteiger partial charge in [-0.2, -0.15) is 0 Å². The SMILES string of the molecule is CCC(O)c1cncnc1. The maximum Gasteiger partial charge on any atom is 0.115 e. The molecule has 0 spiro atoms. The van der Waals surface area contributed by atoms with Gasteiger partial charge in [-0.3, -0.25) is 0 Å². The Bertz CT molecular complexity index is 188. The van der Waals surface area contributed by atoms with Crippen LogP contribution in [0.15, 0.2) is 18.7 Å². The first kappa shape index (κ1) is 7.15. The zero-order valence-electron chi connectivity index (χ0n) is 5.86. The van der Waals surface area contributed by atoms with E-state index >= 15 is 0 Å². The first-order valence-electron chi connectivity index (χ1n) is 3.27. The van der Waals surface area contributed by atoms with Crippen LogP contribution in [-0.4, -0.2) is 15.1 Å². The number of aliphatic hydroxyl groups is 1. The second-order valence-electron chi connectivity index (χ2n) is 2.10. The Hall–Kier alpha value is -0.960. The normalized spacial score (nSPS) is 13.0. The molecule has 0 bridgehead atoms. The molecule has 0 amide bonds. The summed E-state index contributed by atoms with van der Waals surface area (Å²) in [6.07, 6.45) is 4.99. The quantitative estimate of drug-likeness (QED) is 0.661. The van der Waals surface area contributed by atoms with Gasteiger partial charge in [-0.1, -0.05) is 6.92 Å². The van der Waals surface area contributed by atoms with Crippen molar-refractivity contribution in [2.45, 2.75) is 19.4 Å². The molecule has 1 aromatic heterocycles. The fourth-order valence-electron chi connectivity index (χ4n) is 0.718. The zero-order chi connectivity index (χ0) is 7.40. The van der Waals surface area contributed by atoms with Crippen LogP contribution >= 0.6 is 0 Å². The molecule has 1 atom stereocenters. The van der Waals surface area contributed by atoms with Crippen LogP contribution in [0.3, 0.4) is 0 Å². The standard InChI is InChI=1S/C7H10N2O/c1-2-7(10)6-3-8-5-9-4-6/h3-5,7,10H,2H2,1H3. The molecule has 54 valence electrons. The van der Waals surface area contributed by atoms with E-state index in [9.17, 15) is 5.11 Å². The van der Waals surface area contributed by atoms with Crippen LogP contribution < -0.4 is 0 Å². The lowest BCUT2D eigenvalue weighted by Gasteiger charge is -2.04. The first-order chi connectivity index (χ1) is 4.84. The Morgan fingerprint density at radius 2 is 2.10 bits per heavy atom. The van der Waals surface area contributed by atoms with Gasteiger partial charge in [0.1, 0.15) is 6.33 Å². The summed E-state index contributed by atoms with van der Waals surface area (Å²) < 4.78 is 0. The van der Waals surface area contributed by atoms with Crippen molar-refractivity contribution in [3.63, 3.8) is 0 Å². The van der Waals surface area contributed by atoms with Crippen molar-refractivity contribution in [3.05, 3.63) is 24.3 Å². The van der Waals surface area contributed by atoms with Gasteiger partial charge in [0.05, 0.1) is 6.10 Å². The smallest absolute Gasteiger partial charge is 0.115 e. The summed E-state index contributed by atoms with van der Waals surface area (Å²) in [5.41, 5.74) is 0.782. The molecule has 10 heavy (non-hydrogen) atoms. The van der Waals surface area contributed by atoms with Crippen LogP contribution in [0.2, 0.25) is 0 Å². The van der Waals surface area contributed by atoms with Crippen LogP contribution in [0.4, 0.5) is 0 Å². The molecule has 3 nitrogen and oxygen atoms in total. The van der Waals surface area contributed by atoms with E-state index in [1.807, 2.05) is 6.92 Å². The molecule has 1 aromatic rings. The highest BCUT2D eigenvalue weighted by Gasteiger charge is 2.02. The molecule has 0 fully saturated rings. The van der Waals surface area contributed by atoms with Crippen LogP contribution in [-0.2, 0) is 0 Å². The third kappa shape index (κ3) is 1.51. The number of rotatable bonds is 2. The lowest BCUT2D eigenvalue weighted by Crippen LogP contribution is -1.95. The van der Waals surface area contributed by atoms with Crippen molar-refractivity contribution in [2.24, 2.45) is 0 Å². The molecular formula is C7H10N2O. The number of nitrogens with zero attached hydrogens (tertiary/aromatic N) is 2. The van der Waals surface area contributed by atoms with Gasteiger partial charge >= 0.3 is 0 Å². The van der Waals surface area contributed by atoms with Gasteiger partial charge in [-0.25, -0.2) is 9.97 Å². The number of hydrogen-bond acceptors (Lipinski definition) is 3. The summed E-state index contributed by atoms with van der Waals surface area (Å²) in [5.74, 6) is 0. The molecule has 0 saturated carbocycles. The molecule has 1 heterocycles. The van der Waals surface area contributed by atoms with Gasteiger partial charge < -0.3 is 5.11 Å². The van der Waals surface area contributed by atoms with Crippen molar-refractivity contribution >= 4 is 0 Å². The van der Waals surface area contributed by atoms with Crippen LogP contribution in [0, 0.1) is 0 Å². The minimum Gasteiger partial charge on any atom is -0.388 e. The first-order valence-corrected chi connectivity index (χ1v) is 3.27. The molecule has 1 rings (SSSR count). The molecule has 0 aliphatic heterocycles. The van der Waals surface area contributed by atoms with Gasteiger partial charge in [0.25, 0.3) is 0 Å². The molecule has 0 saturated heterocycles. The number of aromatic nitrogens is 2. The average molecular weight is 138 g/mol. The lowest BCUT2D eigenvalue weighted by atomic mass is 10.1. The lowest BCUT2D eigenvalue weighted by molar-refractivity contribution is 0.173. The Morgan fingerprint density at radius 1 is 1.50 bits per heavy atom. The van der Waals surface area contributed by atoms with E-state index in [4.69, 9.17) is 0 Å². The summed E-state index contributed by atoms with van der Waals surface area (Å²) >= 11 is 0. The van der Waals surface area contributed by atoms with Crippen molar-refractivity contribution in [1.82, 2.24) is 9.97 Å². The Balaban J connectivity index is 2.75. The Kier molecular flexibility index (Phi) is 2.34. The van der Waals surface area contributed by atoms with Crippen molar-refractivity contribution in [1.29, 1.82) is 0 Å². The highest BCUT2D eigenvalue weighted by molar-refractivity contribution is 5.05. The topological polar surface area (TPSA) is 46.0 Å². The van der Waals surface area contributed by atoms with Gasteiger partial charge in [0, 0.05) is 18.0 Å². The van der Waals surface area contributed by atoms with Crippen molar-refractivity contribution in [3.8, 4) is 0 Å². The largest absolute Gasteiger partial charge is 0.388 e. The van der Waals surface area contributed by atoms with Crippen molar-refractivity contribution in [2.75, 3.05) is 0 Å². The second kappa shape index (κ2) is 3.27. The van der Waals surface area contributed by atoms with E-state index in [1.54, 1.807) is 12.4 Å². The minimum absolute atomic E-state index is 0.416. The van der Waals surface area contributed by atoms with E-state index in [0.29, 0.717) is 6.42 Å². The van der Waals surface area contributed by atoms with E-state index in [0.717, 1.165) is 5.56 Å². The Labute approximate surface area is 59.8 Å². The van der Waals surface area contributed by atoms with Crippen LogP contribution in [0.1, 0.15) is 25.0 Å². The minimum atomic E-state index is -0.416. The number of aliphatic hydroxyl groups excluding tert-OH is 1. The maximum absolute atomic E-state index is 9.25. The molecule has 0 radical (unpaired) electrons. The maximum atomic E-state index is 9.25. The predicted molar refractivity (Wildman–Crippen MR) is 37.3 cm³/mol. The third-order valence-corrected chi connectivity index (χ3v) is 1.35. The summed E-state index contributed by atoms with van der Waals surface area (Å²) in [6, 6.07) is 0. The summed E-state index contributed by atoms with van der Waals surface area (Å²) in [5, 5.41) is 9.25. The van der Waals surface area contributed by atoms with E-state index in [2.05, 4.69) is 9.97 Å². The second-order valence-corrected chi connectivity index (χ2v) is 2.10. The zero-order valence-corrected chi connectivity index (χ0v) is 5.86. The van der Waals surface area contributed by atoms with E-state index < -0.39 is 6.10 Å². The predicted octanol–water partition coefficient (Wildman–Crippen LogP) is 0.920. The van der Waals surface area contributed by atoms with E-state index in [1.165, 1.54) is 6.33 Å².